The van der Waals surface area contributed by atoms with Crippen LogP contribution in [0, 0.1) is 0 Å². The molecule has 0 radical (unpaired) electrons. The van der Waals surface area contributed by atoms with E-state index in [0.29, 0.717) is 18.2 Å². The molecule has 7 nitrogen and oxygen atoms in total. The lowest BCUT2D eigenvalue weighted by Gasteiger charge is -2.22. The molecule has 0 amide bonds. The van der Waals surface area contributed by atoms with Gasteiger partial charge in [0.2, 0.25) is 0 Å². The van der Waals surface area contributed by atoms with Crippen LogP contribution in [0.1, 0.15) is 25.5 Å². The SMILES string of the molecule is CC(C)c1cc(N2C[C@H](O)[C@@H](N(C)C)C2)n2ncnc2n1. The Bertz CT molecular complexity index is 637. The predicted molar refractivity (Wildman–Crippen MR) is 80.6 cm³/mol. The zero-order chi connectivity index (χ0) is 15.1. The van der Waals surface area contributed by atoms with Crippen molar-refractivity contribution in [3.05, 3.63) is 18.1 Å². The van der Waals surface area contributed by atoms with Crippen LogP contribution in [0.4, 0.5) is 5.82 Å². The van der Waals surface area contributed by atoms with Crippen LogP contribution >= 0.6 is 0 Å². The van der Waals surface area contributed by atoms with Crippen molar-refractivity contribution in [3.8, 4) is 0 Å². The van der Waals surface area contributed by atoms with E-state index >= 15 is 0 Å². The fourth-order valence-electron chi connectivity index (χ4n) is 2.80. The molecule has 0 aliphatic carbocycles. The van der Waals surface area contributed by atoms with Crippen LogP contribution in [0.15, 0.2) is 12.4 Å². The second-order valence-electron chi connectivity index (χ2n) is 6.17. The molecule has 21 heavy (non-hydrogen) atoms. The Balaban J connectivity index is 2.02. The smallest absolute Gasteiger partial charge is 0.254 e. The molecule has 1 aliphatic heterocycles. The van der Waals surface area contributed by atoms with Crippen molar-refractivity contribution < 1.29 is 5.11 Å². The van der Waals surface area contributed by atoms with Crippen molar-refractivity contribution in [3.63, 3.8) is 0 Å². The Morgan fingerprint density at radius 2 is 2.10 bits per heavy atom. The van der Waals surface area contributed by atoms with E-state index in [4.69, 9.17) is 0 Å². The van der Waals surface area contributed by atoms with Gasteiger partial charge in [-0.3, -0.25) is 0 Å². The van der Waals surface area contributed by atoms with Gasteiger partial charge in [-0.1, -0.05) is 13.8 Å². The molecule has 0 bridgehead atoms. The zero-order valence-electron chi connectivity index (χ0n) is 12.9. The van der Waals surface area contributed by atoms with Crippen LogP contribution in [0.25, 0.3) is 5.78 Å². The standard InChI is InChI=1S/C14H22N6O/c1-9(2)10-5-13(20-14(17-10)15-8-16-20)19-6-11(18(3)4)12(21)7-19/h5,8-9,11-12,21H,6-7H2,1-4H3/t11-,12-/m0/s1. The molecule has 0 unspecified atom stereocenters. The van der Waals surface area contributed by atoms with Gasteiger partial charge in [-0.25, -0.2) is 4.98 Å². The number of aromatic nitrogens is 4. The van der Waals surface area contributed by atoms with Gasteiger partial charge in [0.15, 0.2) is 0 Å². The third-order valence-corrected chi connectivity index (χ3v) is 4.09. The number of hydrogen-bond donors (Lipinski definition) is 1. The zero-order valence-corrected chi connectivity index (χ0v) is 12.9. The van der Waals surface area contributed by atoms with Crippen LogP contribution in [0.2, 0.25) is 0 Å². The molecule has 3 rings (SSSR count). The molecule has 114 valence electrons. The molecule has 0 aromatic carbocycles. The first-order chi connectivity index (χ1) is 9.97. The van der Waals surface area contributed by atoms with Gasteiger partial charge in [0.05, 0.1) is 17.8 Å². The molecule has 1 fully saturated rings. The van der Waals surface area contributed by atoms with Crippen LogP contribution in [-0.4, -0.2) is 68.9 Å². The molecule has 3 heterocycles. The normalized spacial score (nSPS) is 22.9. The number of likely N-dealkylation sites (N-methyl/N-ethyl adjacent to an activating group) is 1. The van der Waals surface area contributed by atoms with Crippen LogP contribution in [-0.2, 0) is 0 Å². The lowest BCUT2D eigenvalue weighted by Crippen LogP contribution is -2.38. The first-order valence-electron chi connectivity index (χ1n) is 7.27. The number of anilines is 1. The molecule has 7 heteroatoms. The molecule has 1 N–H and O–H groups in total. The second kappa shape index (κ2) is 5.23. The van der Waals surface area contributed by atoms with Gasteiger partial charge >= 0.3 is 0 Å². The van der Waals surface area contributed by atoms with Crippen molar-refractivity contribution >= 4 is 11.6 Å². The summed E-state index contributed by atoms with van der Waals surface area (Å²) in [7, 11) is 3.99. The number of β-amino-alcohol motifs (C(OH)–C–C–N with tert-alkyl or cyclic N) is 1. The highest BCUT2D eigenvalue weighted by molar-refractivity contribution is 5.49. The minimum Gasteiger partial charge on any atom is -0.390 e. The van der Waals surface area contributed by atoms with E-state index in [9.17, 15) is 5.11 Å². The van der Waals surface area contributed by atoms with Gasteiger partial charge in [-0.15, -0.1) is 0 Å². The average molecular weight is 290 g/mol. The first kappa shape index (κ1) is 14.2. The van der Waals surface area contributed by atoms with E-state index in [-0.39, 0.29) is 12.1 Å². The lowest BCUT2D eigenvalue weighted by atomic mass is 10.1. The van der Waals surface area contributed by atoms with Gasteiger partial charge in [0, 0.05) is 19.2 Å². The Hall–Kier alpha value is -1.73. The Morgan fingerprint density at radius 1 is 1.33 bits per heavy atom. The molecule has 2 atom stereocenters. The monoisotopic (exact) mass is 290 g/mol. The summed E-state index contributed by atoms with van der Waals surface area (Å²) in [6, 6.07) is 2.18. The molecular formula is C14H22N6O. The van der Waals surface area contributed by atoms with Crippen molar-refractivity contribution in [2.75, 3.05) is 32.1 Å². The highest BCUT2D eigenvalue weighted by Gasteiger charge is 2.34. The number of nitrogens with zero attached hydrogens (tertiary/aromatic N) is 6. The maximum absolute atomic E-state index is 10.2. The number of hydrogen-bond acceptors (Lipinski definition) is 6. The van der Waals surface area contributed by atoms with Crippen LogP contribution in [0.3, 0.4) is 0 Å². The number of fused-ring (bicyclic) bond motifs is 1. The molecule has 0 saturated carbocycles. The fourth-order valence-corrected chi connectivity index (χ4v) is 2.80. The average Bonchev–Trinajstić information content (AvgIpc) is 3.03. The third kappa shape index (κ3) is 2.47. The maximum Gasteiger partial charge on any atom is 0.254 e. The molecule has 1 aliphatic rings. The second-order valence-corrected chi connectivity index (χ2v) is 6.17. The van der Waals surface area contributed by atoms with Gasteiger partial charge < -0.3 is 14.9 Å². The van der Waals surface area contributed by atoms with Crippen molar-refractivity contribution in [2.45, 2.75) is 31.9 Å². The molecule has 0 spiro atoms. The third-order valence-electron chi connectivity index (χ3n) is 4.09. The van der Waals surface area contributed by atoms with Gasteiger partial charge in [0.25, 0.3) is 5.78 Å². The highest BCUT2D eigenvalue weighted by atomic mass is 16.3. The largest absolute Gasteiger partial charge is 0.390 e. The highest BCUT2D eigenvalue weighted by Crippen LogP contribution is 2.25. The summed E-state index contributed by atoms with van der Waals surface area (Å²) >= 11 is 0. The predicted octanol–water partition coefficient (Wildman–Crippen LogP) is 0.359. The van der Waals surface area contributed by atoms with E-state index in [2.05, 4.69) is 44.8 Å². The van der Waals surface area contributed by atoms with E-state index in [1.54, 1.807) is 4.52 Å². The maximum atomic E-state index is 10.2. The Morgan fingerprint density at radius 3 is 2.71 bits per heavy atom. The first-order valence-corrected chi connectivity index (χ1v) is 7.27. The van der Waals surface area contributed by atoms with Gasteiger partial charge in [-0.05, 0) is 20.0 Å². The Labute approximate surface area is 124 Å². The van der Waals surface area contributed by atoms with Crippen molar-refractivity contribution in [2.24, 2.45) is 0 Å². The molecule has 1 saturated heterocycles. The summed E-state index contributed by atoms with van der Waals surface area (Å²) in [5, 5.41) is 14.5. The van der Waals surface area contributed by atoms with Crippen LogP contribution < -0.4 is 4.90 Å². The van der Waals surface area contributed by atoms with Crippen molar-refractivity contribution in [1.82, 2.24) is 24.5 Å². The summed E-state index contributed by atoms with van der Waals surface area (Å²) in [4.78, 5) is 13.0. The quantitative estimate of drug-likeness (QED) is 0.880. The van der Waals surface area contributed by atoms with Crippen molar-refractivity contribution in [1.29, 1.82) is 0 Å². The van der Waals surface area contributed by atoms with E-state index in [1.165, 1.54) is 6.33 Å². The minimum absolute atomic E-state index is 0.124. The summed E-state index contributed by atoms with van der Waals surface area (Å²) in [6.07, 6.45) is 1.15. The summed E-state index contributed by atoms with van der Waals surface area (Å²) in [6.45, 7) is 5.59. The topological polar surface area (TPSA) is 69.8 Å². The molecular weight excluding hydrogens is 268 g/mol. The lowest BCUT2D eigenvalue weighted by molar-refractivity contribution is 0.114. The van der Waals surface area contributed by atoms with E-state index in [1.807, 2.05) is 14.1 Å². The van der Waals surface area contributed by atoms with E-state index < -0.39 is 0 Å². The van der Waals surface area contributed by atoms with Gasteiger partial charge in [-0.2, -0.15) is 14.6 Å². The summed E-state index contributed by atoms with van der Waals surface area (Å²) < 4.78 is 1.75. The number of aliphatic hydroxyl groups excluding tert-OH is 1. The Kier molecular flexibility index (Phi) is 3.54. The minimum atomic E-state index is -0.366. The number of rotatable bonds is 3. The van der Waals surface area contributed by atoms with Crippen LogP contribution in [0.5, 0.6) is 0 Å². The van der Waals surface area contributed by atoms with E-state index in [0.717, 1.165) is 18.1 Å². The number of aliphatic hydroxyl groups is 1. The fraction of sp³-hybridized carbons (Fsp3) is 0.643. The summed E-state index contributed by atoms with van der Waals surface area (Å²) in [5.74, 6) is 1.88. The molecule has 2 aromatic rings. The van der Waals surface area contributed by atoms with Gasteiger partial charge in [0.1, 0.15) is 12.1 Å². The summed E-state index contributed by atoms with van der Waals surface area (Å²) in [5.41, 5.74) is 0.994. The molecule has 2 aromatic heterocycles.